The molecule has 1 aromatic rings. The van der Waals surface area contributed by atoms with Gasteiger partial charge in [0.25, 0.3) is 0 Å². The van der Waals surface area contributed by atoms with E-state index in [0.29, 0.717) is 12.5 Å². The minimum absolute atomic E-state index is 0.104. The fraction of sp³-hybridized carbons (Fsp3) is 0.632. The number of methoxy groups -OCH3 is 2. The molecule has 5 heteroatoms. The number of piperidine rings is 1. The van der Waals surface area contributed by atoms with Crippen LogP contribution in [0.5, 0.6) is 11.5 Å². The molecule has 1 aliphatic heterocycles. The van der Waals surface area contributed by atoms with Crippen LogP contribution in [0.3, 0.4) is 0 Å². The minimum Gasteiger partial charge on any atom is -0.497 e. The van der Waals surface area contributed by atoms with Crippen LogP contribution in [0, 0.1) is 0 Å². The van der Waals surface area contributed by atoms with E-state index in [1.165, 1.54) is 0 Å². The molecule has 1 unspecified atom stereocenters. The van der Waals surface area contributed by atoms with E-state index >= 15 is 0 Å². The van der Waals surface area contributed by atoms with Crippen molar-refractivity contribution in [1.29, 1.82) is 0 Å². The van der Waals surface area contributed by atoms with E-state index in [9.17, 15) is 4.79 Å². The van der Waals surface area contributed by atoms with Gasteiger partial charge in [0.05, 0.1) is 14.2 Å². The highest BCUT2D eigenvalue weighted by atomic mass is 16.5. The summed E-state index contributed by atoms with van der Waals surface area (Å²) in [4.78, 5) is 16.9. The predicted molar refractivity (Wildman–Crippen MR) is 95.9 cm³/mol. The van der Waals surface area contributed by atoms with Crippen molar-refractivity contribution in [2.24, 2.45) is 0 Å². The Balaban J connectivity index is 2.00. The largest absolute Gasteiger partial charge is 0.497 e. The lowest BCUT2D eigenvalue weighted by atomic mass is 9.95. The Bertz CT molecular complexity index is 554. The van der Waals surface area contributed by atoms with Crippen molar-refractivity contribution in [3.05, 3.63) is 23.8 Å². The smallest absolute Gasteiger partial charge is 0.223 e. The Morgan fingerprint density at radius 2 is 1.96 bits per heavy atom. The molecule has 5 nitrogen and oxygen atoms in total. The number of carbonyl (C=O) groups excluding carboxylic acids is 1. The molecule has 24 heavy (non-hydrogen) atoms. The predicted octanol–water partition coefficient (Wildman–Crippen LogP) is 2.75. The quantitative estimate of drug-likeness (QED) is 0.802. The molecule has 1 heterocycles. The molecule has 0 radical (unpaired) electrons. The summed E-state index contributed by atoms with van der Waals surface area (Å²) in [6.07, 6.45) is 2.60. The van der Waals surface area contributed by atoms with Crippen molar-refractivity contribution in [3.63, 3.8) is 0 Å². The number of hydrogen-bond donors (Lipinski definition) is 0. The molecule has 0 N–H and O–H groups in total. The lowest BCUT2D eigenvalue weighted by Gasteiger charge is -2.35. The molecule has 1 amide bonds. The van der Waals surface area contributed by atoms with E-state index in [4.69, 9.17) is 9.47 Å². The second-order valence-corrected chi connectivity index (χ2v) is 6.75. The fourth-order valence-electron chi connectivity index (χ4n) is 3.33. The fourth-order valence-corrected chi connectivity index (χ4v) is 3.33. The number of nitrogens with zero attached hydrogens (tertiary/aromatic N) is 2. The van der Waals surface area contributed by atoms with Gasteiger partial charge in [-0.3, -0.25) is 4.79 Å². The average molecular weight is 334 g/mol. The van der Waals surface area contributed by atoms with Gasteiger partial charge in [-0.15, -0.1) is 0 Å². The third-order valence-corrected chi connectivity index (χ3v) is 5.08. The number of likely N-dealkylation sites (tertiary alicyclic amines) is 1. The van der Waals surface area contributed by atoms with E-state index in [1.54, 1.807) is 14.2 Å². The van der Waals surface area contributed by atoms with E-state index < -0.39 is 0 Å². The van der Waals surface area contributed by atoms with Gasteiger partial charge in [-0.2, -0.15) is 0 Å². The molecule has 1 aliphatic rings. The molecular weight excluding hydrogens is 304 g/mol. The monoisotopic (exact) mass is 334 g/mol. The van der Waals surface area contributed by atoms with E-state index in [0.717, 1.165) is 43.0 Å². The second-order valence-electron chi connectivity index (χ2n) is 6.75. The highest BCUT2D eigenvalue weighted by molar-refractivity contribution is 5.77. The zero-order valence-electron chi connectivity index (χ0n) is 15.5. The average Bonchev–Trinajstić information content (AvgIpc) is 2.60. The summed E-state index contributed by atoms with van der Waals surface area (Å²) >= 11 is 0. The maximum Gasteiger partial charge on any atom is 0.223 e. The molecule has 1 saturated heterocycles. The highest BCUT2D eigenvalue weighted by Gasteiger charge is 2.25. The van der Waals surface area contributed by atoms with Crippen molar-refractivity contribution < 1.29 is 14.3 Å². The number of benzene rings is 1. The zero-order chi connectivity index (χ0) is 17.7. The Hall–Kier alpha value is -1.75. The molecular formula is C19H30N2O3. The number of ether oxygens (including phenoxy) is 2. The second kappa shape index (κ2) is 8.38. The van der Waals surface area contributed by atoms with Crippen LogP contribution >= 0.6 is 0 Å². The number of carbonyl (C=O) groups is 1. The zero-order valence-corrected chi connectivity index (χ0v) is 15.5. The van der Waals surface area contributed by atoms with Gasteiger partial charge in [-0.25, -0.2) is 0 Å². The van der Waals surface area contributed by atoms with Crippen LogP contribution in [-0.4, -0.2) is 63.2 Å². The summed E-state index contributed by atoms with van der Waals surface area (Å²) in [6.45, 7) is 4.19. The molecule has 134 valence electrons. The number of hydrogen-bond acceptors (Lipinski definition) is 4. The van der Waals surface area contributed by atoms with Gasteiger partial charge in [0, 0.05) is 25.6 Å². The van der Waals surface area contributed by atoms with Gasteiger partial charge >= 0.3 is 0 Å². The molecule has 2 rings (SSSR count). The van der Waals surface area contributed by atoms with Crippen LogP contribution in [0.25, 0.3) is 0 Å². The lowest BCUT2D eigenvalue weighted by Crippen LogP contribution is -2.44. The Morgan fingerprint density at radius 3 is 2.54 bits per heavy atom. The molecule has 1 atom stereocenters. The van der Waals surface area contributed by atoms with Crippen molar-refractivity contribution in [2.45, 2.75) is 38.1 Å². The normalized spacial score (nSPS) is 17.4. The molecule has 0 saturated carbocycles. The Kier molecular flexibility index (Phi) is 6.49. The first-order valence-corrected chi connectivity index (χ1v) is 8.62. The highest BCUT2D eigenvalue weighted by Crippen LogP contribution is 2.32. The van der Waals surface area contributed by atoms with Crippen molar-refractivity contribution >= 4 is 5.91 Å². The van der Waals surface area contributed by atoms with Crippen LogP contribution < -0.4 is 9.47 Å². The van der Waals surface area contributed by atoms with Gasteiger partial charge in [0.1, 0.15) is 11.5 Å². The van der Waals surface area contributed by atoms with Crippen LogP contribution in [0.1, 0.15) is 37.7 Å². The maximum absolute atomic E-state index is 12.7. The van der Waals surface area contributed by atoms with Gasteiger partial charge in [-0.05, 0) is 50.5 Å². The standard InChI is InChI=1S/C19H30N2O3/c1-14(17-7-6-16(23-4)13-18(17)24-5)12-19(22)21(3)15-8-10-20(2)11-9-15/h6-7,13-15H,8-12H2,1-5H3. The minimum atomic E-state index is 0.104. The summed E-state index contributed by atoms with van der Waals surface area (Å²) in [5, 5.41) is 0. The van der Waals surface area contributed by atoms with Gasteiger partial charge in [-0.1, -0.05) is 13.0 Å². The van der Waals surface area contributed by atoms with Crippen molar-refractivity contribution in [3.8, 4) is 11.5 Å². The molecule has 0 bridgehead atoms. The van der Waals surface area contributed by atoms with E-state index in [2.05, 4.69) is 18.9 Å². The third kappa shape index (κ3) is 4.41. The van der Waals surface area contributed by atoms with E-state index in [1.807, 2.05) is 30.1 Å². The van der Waals surface area contributed by atoms with Gasteiger partial charge in [0.15, 0.2) is 0 Å². The number of amides is 1. The molecule has 0 spiro atoms. The summed E-state index contributed by atoms with van der Waals surface area (Å²) in [7, 11) is 7.36. The Labute approximate surface area is 145 Å². The summed E-state index contributed by atoms with van der Waals surface area (Å²) in [6, 6.07) is 6.14. The first-order chi connectivity index (χ1) is 11.5. The molecule has 0 aromatic heterocycles. The third-order valence-electron chi connectivity index (χ3n) is 5.08. The molecule has 0 aliphatic carbocycles. The SMILES string of the molecule is COc1ccc(C(C)CC(=O)N(C)C2CCN(C)CC2)c(OC)c1. The number of rotatable bonds is 6. The lowest BCUT2D eigenvalue weighted by molar-refractivity contribution is -0.133. The van der Waals surface area contributed by atoms with Gasteiger partial charge < -0.3 is 19.3 Å². The van der Waals surface area contributed by atoms with Crippen molar-refractivity contribution in [1.82, 2.24) is 9.80 Å². The first kappa shape index (κ1) is 18.6. The summed E-state index contributed by atoms with van der Waals surface area (Å²) in [5.41, 5.74) is 1.04. The molecule has 1 fully saturated rings. The van der Waals surface area contributed by atoms with E-state index in [-0.39, 0.29) is 11.8 Å². The van der Waals surface area contributed by atoms with Crippen LogP contribution in [0.15, 0.2) is 18.2 Å². The summed E-state index contributed by atoms with van der Waals surface area (Å²) in [5.74, 6) is 1.84. The van der Waals surface area contributed by atoms with Crippen LogP contribution in [-0.2, 0) is 4.79 Å². The topological polar surface area (TPSA) is 42.0 Å². The summed E-state index contributed by atoms with van der Waals surface area (Å²) < 4.78 is 10.7. The van der Waals surface area contributed by atoms with Crippen LogP contribution in [0.4, 0.5) is 0 Å². The molecule has 1 aromatic carbocycles. The Morgan fingerprint density at radius 1 is 1.29 bits per heavy atom. The van der Waals surface area contributed by atoms with Crippen molar-refractivity contribution in [2.75, 3.05) is 41.4 Å². The van der Waals surface area contributed by atoms with Gasteiger partial charge in [0.2, 0.25) is 5.91 Å². The first-order valence-electron chi connectivity index (χ1n) is 8.62. The maximum atomic E-state index is 12.7. The van der Waals surface area contributed by atoms with Crippen LogP contribution in [0.2, 0.25) is 0 Å².